The molecular weight excluding hydrogens is 484 g/mol. The number of ether oxygens (including phenoxy) is 3. The number of carbonyl (C=O) groups is 1. The summed E-state index contributed by atoms with van der Waals surface area (Å²) >= 11 is 0. The van der Waals surface area contributed by atoms with E-state index in [9.17, 15) is 19.7 Å². The van der Waals surface area contributed by atoms with Gasteiger partial charge in [0.1, 0.15) is 22.6 Å². The van der Waals surface area contributed by atoms with Crippen LogP contribution in [0.5, 0.6) is 5.75 Å². The first kappa shape index (κ1) is 27.8. The monoisotopic (exact) mass is 514 g/mol. The third kappa shape index (κ3) is 5.96. The first-order valence-electron chi connectivity index (χ1n) is 11.5. The highest BCUT2D eigenvalue weighted by Crippen LogP contribution is 2.34. The van der Waals surface area contributed by atoms with Crippen molar-refractivity contribution < 1.29 is 33.5 Å². The predicted octanol–water partition coefficient (Wildman–Crippen LogP) is 4.18. The standard InChI is InChI=1S/C25H26N2O8.CH4O/c1-14-19(33-21-12-11-20(32-4)25(2,3)35-21)10-9-15-13-17(24(29)34-22(14)15)26-23(28)16-7-5-6-8-18(16)27(30)31;1-2/h5-10,13,20-21H,11-12H2,1-4H3,(H,26,28);2H,1H3. The van der Waals surface area contributed by atoms with Gasteiger partial charge in [-0.3, -0.25) is 14.9 Å². The number of aliphatic hydroxyl groups excluding tert-OH is 1. The highest BCUT2D eigenvalue weighted by molar-refractivity contribution is 6.07. The maximum atomic E-state index is 12.6. The van der Waals surface area contributed by atoms with Gasteiger partial charge in [0.2, 0.25) is 6.29 Å². The van der Waals surface area contributed by atoms with Crippen LogP contribution >= 0.6 is 0 Å². The summed E-state index contributed by atoms with van der Waals surface area (Å²) < 4.78 is 23.1. The van der Waals surface area contributed by atoms with E-state index >= 15 is 0 Å². The molecule has 2 heterocycles. The molecule has 11 nitrogen and oxygen atoms in total. The first-order valence-corrected chi connectivity index (χ1v) is 11.5. The van der Waals surface area contributed by atoms with Gasteiger partial charge in [-0.15, -0.1) is 0 Å². The molecule has 1 saturated heterocycles. The Balaban J connectivity index is 0.00000186. The lowest BCUT2D eigenvalue weighted by Gasteiger charge is -2.41. The highest BCUT2D eigenvalue weighted by Gasteiger charge is 2.39. The van der Waals surface area contributed by atoms with Gasteiger partial charge in [0.15, 0.2) is 0 Å². The van der Waals surface area contributed by atoms with Crippen LogP contribution in [0.1, 0.15) is 42.6 Å². The zero-order valence-corrected chi connectivity index (χ0v) is 21.3. The molecule has 4 rings (SSSR count). The maximum Gasteiger partial charge on any atom is 0.360 e. The summed E-state index contributed by atoms with van der Waals surface area (Å²) in [5, 5.41) is 21.2. The third-order valence-corrected chi connectivity index (χ3v) is 6.11. The minimum absolute atomic E-state index is 0.0379. The number of hydrogen-bond donors (Lipinski definition) is 2. The van der Waals surface area contributed by atoms with E-state index in [0.29, 0.717) is 28.7 Å². The molecule has 198 valence electrons. The topological polar surface area (TPSA) is 150 Å². The van der Waals surface area contributed by atoms with E-state index in [1.54, 1.807) is 26.2 Å². The fraction of sp³-hybridized carbons (Fsp3) is 0.385. The van der Waals surface area contributed by atoms with Crippen molar-refractivity contribution >= 4 is 28.3 Å². The van der Waals surface area contributed by atoms with E-state index in [2.05, 4.69) is 5.32 Å². The lowest BCUT2D eigenvalue weighted by atomic mass is 9.94. The van der Waals surface area contributed by atoms with E-state index in [0.717, 1.165) is 13.5 Å². The number of rotatable bonds is 6. The Hall–Kier alpha value is -3.80. The van der Waals surface area contributed by atoms with Crippen molar-refractivity contribution in [3.63, 3.8) is 0 Å². The number of nitrogens with one attached hydrogen (secondary N) is 1. The summed E-state index contributed by atoms with van der Waals surface area (Å²) in [5.74, 6) is -0.277. The smallest absolute Gasteiger partial charge is 0.360 e. The molecule has 37 heavy (non-hydrogen) atoms. The van der Waals surface area contributed by atoms with Crippen molar-refractivity contribution in [1.29, 1.82) is 0 Å². The Kier molecular flexibility index (Phi) is 8.64. The molecule has 0 aliphatic carbocycles. The molecule has 2 unspecified atom stereocenters. The average molecular weight is 515 g/mol. The molecule has 1 aliphatic rings. The number of nitro benzene ring substituents is 1. The van der Waals surface area contributed by atoms with Crippen molar-refractivity contribution in [3.8, 4) is 5.75 Å². The quantitative estimate of drug-likeness (QED) is 0.280. The largest absolute Gasteiger partial charge is 0.465 e. The summed E-state index contributed by atoms with van der Waals surface area (Å²) in [7, 11) is 2.66. The summed E-state index contributed by atoms with van der Waals surface area (Å²) in [6.07, 6.45) is 0.891. The minimum Gasteiger partial charge on any atom is -0.465 e. The lowest BCUT2D eigenvalue weighted by molar-refractivity contribution is -0.385. The second-order valence-electron chi connectivity index (χ2n) is 8.85. The van der Waals surface area contributed by atoms with E-state index in [1.807, 2.05) is 13.8 Å². The van der Waals surface area contributed by atoms with Crippen molar-refractivity contribution in [1.82, 2.24) is 0 Å². The maximum absolute atomic E-state index is 12.6. The van der Waals surface area contributed by atoms with Gasteiger partial charge in [-0.2, -0.15) is 0 Å². The van der Waals surface area contributed by atoms with Crippen molar-refractivity contribution in [2.75, 3.05) is 19.5 Å². The number of nitrogens with zero attached hydrogens (tertiary/aromatic N) is 1. The summed E-state index contributed by atoms with van der Waals surface area (Å²) in [6.45, 7) is 5.66. The van der Waals surface area contributed by atoms with Crippen molar-refractivity contribution in [3.05, 3.63) is 74.1 Å². The predicted molar refractivity (Wildman–Crippen MR) is 136 cm³/mol. The van der Waals surface area contributed by atoms with Crippen LogP contribution in [0.3, 0.4) is 0 Å². The first-order chi connectivity index (χ1) is 17.6. The van der Waals surface area contributed by atoms with Gasteiger partial charge in [0.25, 0.3) is 11.6 Å². The minimum atomic E-state index is -0.789. The van der Waals surface area contributed by atoms with Crippen LogP contribution in [0.2, 0.25) is 0 Å². The lowest BCUT2D eigenvalue weighted by Crippen LogP contribution is -2.49. The van der Waals surface area contributed by atoms with E-state index in [4.69, 9.17) is 23.7 Å². The van der Waals surface area contributed by atoms with E-state index < -0.39 is 28.3 Å². The number of anilines is 1. The van der Waals surface area contributed by atoms with Gasteiger partial charge in [-0.05, 0) is 51.5 Å². The Morgan fingerprint density at radius 2 is 1.89 bits per heavy atom. The SMILES string of the molecule is CO.COC1CCC(Oc2ccc3cc(NC(=O)c4ccccc4[N+](=O)[O-])c(=O)oc3c2C)OC1(C)C. The number of amides is 1. The normalized spacial score (nSPS) is 18.4. The van der Waals surface area contributed by atoms with Crippen LogP contribution in [-0.2, 0) is 9.47 Å². The molecule has 2 aromatic carbocycles. The fourth-order valence-electron chi connectivity index (χ4n) is 4.27. The number of fused-ring (bicyclic) bond motifs is 1. The van der Waals surface area contributed by atoms with Crippen LogP contribution in [-0.4, -0.2) is 48.2 Å². The number of hydrogen-bond acceptors (Lipinski definition) is 9. The molecule has 1 aromatic heterocycles. The number of methoxy groups -OCH3 is 1. The third-order valence-electron chi connectivity index (χ3n) is 6.11. The second kappa shape index (κ2) is 11.5. The molecule has 2 atom stereocenters. The van der Waals surface area contributed by atoms with Gasteiger partial charge >= 0.3 is 5.63 Å². The Morgan fingerprint density at radius 3 is 2.54 bits per heavy atom. The molecule has 2 N–H and O–H groups in total. The second-order valence-corrected chi connectivity index (χ2v) is 8.85. The molecule has 0 radical (unpaired) electrons. The molecular formula is C26H30N2O9. The van der Waals surface area contributed by atoms with Crippen LogP contribution in [0, 0.1) is 17.0 Å². The Morgan fingerprint density at radius 1 is 1.19 bits per heavy atom. The molecule has 11 heteroatoms. The number of carbonyl (C=O) groups excluding carboxylic acids is 1. The van der Waals surface area contributed by atoms with Gasteiger partial charge in [-0.1, -0.05) is 12.1 Å². The molecule has 0 saturated carbocycles. The number of para-hydroxylation sites is 1. The number of nitro groups is 1. The highest BCUT2D eigenvalue weighted by atomic mass is 16.7. The van der Waals surface area contributed by atoms with Crippen LogP contribution < -0.4 is 15.7 Å². The zero-order chi connectivity index (χ0) is 27.3. The molecule has 1 fully saturated rings. The van der Waals surface area contributed by atoms with Gasteiger partial charge < -0.3 is 29.1 Å². The molecule has 0 bridgehead atoms. The van der Waals surface area contributed by atoms with Crippen LogP contribution in [0.25, 0.3) is 11.0 Å². The Labute approximate surface area is 213 Å². The summed E-state index contributed by atoms with van der Waals surface area (Å²) in [6, 6.07) is 10.4. The van der Waals surface area contributed by atoms with Crippen molar-refractivity contribution in [2.24, 2.45) is 0 Å². The van der Waals surface area contributed by atoms with Crippen molar-refractivity contribution in [2.45, 2.75) is 51.6 Å². The van der Waals surface area contributed by atoms with E-state index in [-0.39, 0.29) is 23.0 Å². The molecule has 1 aliphatic heterocycles. The van der Waals surface area contributed by atoms with Gasteiger partial charge in [0.05, 0.1) is 16.6 Å². The summed E-state index contributed by atoms with van der Waals surface area (Å²) in [5.41, 5.74) is -1.05. The average Bonchev–Trinajstić information content (AvgIpc) is 2.87. The summed E-state index contributed by atoms with van der Waals surface area (Å²) in [4.78, 5) is 35.8. The number of aliphatic hydroxyl groups is 1. The zero-order valence-electron chi connectivity index (χ0n) is 21.3. The van der Waals surface area contributed by atoms with E-state index in [1.165, 1.54) is 30.3 Å². The number of benzene rings is 2. The number of aryl methyl sites for hydroxylation is 1. The molecule has 3 aromatic rings. The van der Waals surface area contributed by atoms with Gasteiger partial charge in [0, 0.05) is 37.7 Å². The van der Waals surface area contributed by atoms with Crippen LogP contribution in [0.15, 0.2) is 51.7 Å². The Bertz CT molecular complexity index is 1350. The fourth-order valence-corrected chi connectivity index (χ4v) is 4.27. The molecule has 1 amide bonds. The van der Waals surface area contributed by atoms with Crippen LogP contribution in [0.4, 0.5) is 11.4 Å². The van der Waals surface area contributed by atoms with Gasteiger partial charge in [-0.25, -0.2) is 4.79 Å². The molecule has 0 spiro atoms.